The summed E-state index contributed by atoms with van der Waals surface area (Å²) in [5, 5.41) is 8.54. The molecule has 5 heteroatoms. The second kappa shape index (κ2) is 4.23. The third-order valence-electron chi connectivity index (χ3n) is 1.36. The quantitative estimate of drug-likeness (QED) is 0.824. The van der Waals surface area contributed by atoms with Crippen LogP contribution in [0.1, 0.15) is 6.92 Å². The molecule has 13 heavy (non-hydrogen) atoms. The van der Waals surface area contributed by atoms with Crippen LogP contribution in [0.25, 0.3) is 0 Å². The van der Waals surface area contributed by atoms with Gasteiger partial charge in [0, 0.05) is 0 Å². The van der Waals surface area contributed by atoms with Crippen molar-refractivity contribution in [1.29, 1.82) is 0 Å². The van der Waals surface area contributed by atoms with Gasteiger partial charge in [0.05, 0.1) is 6.20 Å². The summed E-state index contributed by atoms with van der Waals surface area (Å²) in [5.41, 5.74) is 0. The molecule has 1 aromatic heterocycles. The lowest BCUT2D eigenvalue weighted by molar-refractivity contribution is -0.144. The van der Waals surface area contributed by atoms with Gasteiger partial charge in [-0.2, -0.15) is 0 Å². The summed E-state index contributed by atoms with van der Waals surface area (Å²) in [6.07, 6.45) is 0.603. The molecule has 1 unspecified atom stereocenters. The highest BCUT2D eigenvalue weighted by molar-refractivity contribution is 9.10. The minimum atomic E-state index is -0.997. The number of hydrogen-bond donors (Lipinski definition) is 1. The zero-order valence-corrected chi connectivity index (χ0v) is 8.48. The van der Waals surface area contributed by atoms with Gasteiger partial charge in [0.1, 0.15) is 10.4 Å². The fraction of sp³-hybridized carbons (Fsp3) is 0.250. The van der Waals surface area contributed by atoms with Crippen molar-refractivity contribution >= 4 is 21.9 Å². The largest absolute Gasteiger partial charge is 0.479 e. The summed E-state index contributed by atoms with van der Waals surface area (Å²) in [4.78, 5) is 14.3. The molecule has 0 spiro atoms. The smallest absolute Gasteiger partial charge is 0.344 e. The van der Waals surface area contributed by atoms with E-state index in [-0.39, 0.29) is 0 Å². The van der Waals surface area contributed by atoms with Gasteiger partial charge in [-0.3, -0.25) is 0 Å². The van der Waals surface area contributed by atoms with Crippen molar-refractivity contribution in [2.24, 2.45) is 0 Å². The van der Waals surface area contributed by atoms with Gasteiger partial charge >= 0.3 is 5.97 Å². The molecule has 4 nitrogen and oxygen atoms in total. The van der Waals surface area contributed by atoms with Crippen LogP contribution in [0.2, 0.25) is 0 Å². The highest BCUT2D eigenvalue weighted by atomic mass is 79.9. The van der Waals surface area contributed by atoms with E-state index in [4.69, 9.17) is 9.84 Å². The standard InChI is InChI=1S/C8H8BrNO3/c1-5(8(11)12)13-6-2-3-7(9)10-4-6/h2-5H,1H3,(H,11,12). The molecule has 1 N–H and O–H groups in total. The molecule has 1 rings (SSSR count). The average Bonchev–Trinajstić information content (AvgIpc) is 2.08. The molecule has 70 valence electrons. The average molecular weight is 246 g/mol. The highest BCUT2D eigenvalue weighted by Crippen LogP contribution is 2.13. The van der Waals surface area contributed by atoms with Gasteiger partial charge in [-0.1, -0.05) is 0 Å². The van der Waals surface area contributed by atoms with E-state index in [1.165, 1.54) is 13.1 Å². The van der Waals surface area contributed by atoms with Crippen LogP contribution in [0.5, 0.6) is 5.75 Å². The van der Waals surface area contributed by atoms with Gasteiger partial charge in [-0.15, -0.1) is 0 Å². The predicted octanol–water partition coefficient (Wildman–Crippen LogP) is 1.70. The van der Waals surface area contributed by atoms with Crippen LogP contribution in [-0.2, 0) is 4.79 Å². The Labute approximate surface area is 83.7 Å². The SMILES string of the molecule is CC(Oc1ccc(Br)nc1)C(=O)O. The molecule has 0 amide bonds. The first-order chi connectivity index (χ1) is 6.09. The maximum Gasteiger partial charge on any atom is 0.344 e. The van der Waals surface area contributed by atoms with E-state index in [1.54, 1.807) is 12.1 Å². The van der Waals surface area contributed by atoms with E-state index in [1.807, 2.05) is 0 Å². The number of halogens is 1. The Hall–Kier alpha value is -1.10. The Morgan fingerprint density at radius 3 is 2.85 bits per heavy atom. The highest BCUT2D eigenvalue weighted by Gasteiger charge is 2.11. The van der Waals surface area contributed by atoms with E-state index in [0.717, 1.165) is 0 Å². The molecule has 0 saturated carbocycles. The minimum Gasteiger partial charge on any atom is -0.479 e. The normalized spacial score (nSPS) is 12.2. The molecule has 0 bridgehead atoms. The third kappa shape index (κ3) is 3.02. The van der Waals surface area contributed by atoms with Gasteiger partial charge in [0.15, 0.2) is 6.10 Å². The first-order valence-corrected chi connectivity index (χ1v) is 4.40. The van der Waals surface area contributed by atoms with Crippen LogP contribution in [0.4, 0.5) is 0 Å². The first kappa shape index (κ1) is 9.98. The maximum absolute atomic E-state index is 10.4. The Morgan fingerprint density at radius 1 is 1.69 bits per heavy atom. The number of ether oxygens (including phenoxy) is 1. The lowest BCUT2D eigenvalue weighted by atomic mass is 10.4. The van der Waals surface area contributed by atoms with E-state index in [0.29, 0.717) is 10.4 Å². The Balaban J connectivity index is 2.64. The number of pyridine rings is 1. The van der Waals surface area contributed by atoms with E-state index < -0.39 is 12.1 Å². The Morgan fingerprint density at radius 2 is 2.38 bits per heavy atom. The topological polar surface area (TPSA) is 59.4 Å². The summed E-state index contributed by atoms with van der Waals surface area (Å²) in [6, 6.07) is 3.33. The second-order valence-corrected chi connectivity index (χ2v) is 3.23. The molecule has 1 heterocycles. The van der Waals surface area contributed by atoms with Crippen LogP contribution in [0, 0.1) is 0 Å². The maximum atomic E-state index is 10.4. The number of nitrogens with zero attached hydrogens (tertiary/aromatic N) is 1. The molecule has 0 aliphatic heterocycles. The number of rotatable bonds is 3. The summed E-state index contributed by atoms with van der Waals surface area (Å²) in [5.74, 6) is -0.555. The first-order valence-electron chi connectivity index (χ1n) is 3.60. The molecule has 0 radical (unpaired) electrons. The number of aliphatic carboxylic acids is 1. The van der Waals surface area contributed by atoms with Gasteiger partial charge in [-0.25, -0.2) is 9.78 Å². The zero-order chi connectivity index (χ0) is 9.84. The fourth-order valence-corrected chi connectivity index (χ4v) is 0.921. The van der Waals surface area contributed by atoms with E-state index >= 15 is 0 Å². The Bertz CT molecular complexity index is 299. The number of hydrogen-bond acceptors (Lipinski definition) is 3. The Kier molecular flexibility index (Phi) is 3.25. The molecule has 0 aliphatic carbocycles. The molecule has 0 fully saturated rings. The molecule has 1 atom stereocenters. The van der Waals surface area contributed by atoms with Gasteiger partial charge < -0.3 is 9.84 Å². The van der Waals surface area contributed by atoms with Crippen molar-refractivity contribution in [2.45, 2.75) is 13.0 Å². The van der Waals surface area contributed by atoms with Crippen molar-refractivity contribution in [3.63, 3.8) is 0 Å². The van der Waals surface area contributed by atoms with Crippen LogP contribution >= 0.6 is 15.9 Å². The molecule has 1 aromatic rings. The molecular formula is C8H8BrNO3. The van der Waals surface area contributed by atoms with Crippen LogP contribution in [0.15, 0.2) is 22.9 Å². The second-order valence-electron chi connectivity index (χ2n) is 2.41. The number of aromatic nitrogens is 1. The number of carbonyl (C=O) groups is 1. The van der Waals surface area contributed by atoms with Crippen LogP contribution in [0.3, 0.4) is 0 Å². The van der Waals surface area contributed by atoms with Crippen molar-refractivity contribution in [2.75, 3.05) is 0 Å². The van der Waals surface area contributed by atoms with Crippen LogP contribution in [-0.4, -0.2) is 22.2 Å². The van der Waals surface area contributed by atoms with Gasteiger partial charge in [-0.05, 0) is 35.0 Å². The van der Waals surface area contributed by atoms with Crippen LogP contribution < -0.4 is 4.74 Å². The molecular weight excluding hydrogens is 238 g/mol. The van der Waals surface area contributed by atoms with Crippen molar-refractivity contribution in [3.8, 4) is 5.75 Å². The third-order valence-corrected chi connectivity index (χ3v) is 1.83. The summed E-state index contributed by atoms with van der Waals surface area (Å²) in [7, 11) is 0. The predicted molar refractivity (Wildman–Crippen MR) is 49.7 cm³/mol. The molecule has 0 aromatic carbocycles. The number of carboxylic acids is 1. The minimum absolute atomic E-state index is 0.443. The zero-order valence-electron chi connectivity index (χ0n) is 6.90. The lowest BCUT2D eigenvalue weighted by Gasteiger charge is -2.09. The summed E-state index contributed by atoms with van der Waals surface area (Å²) in [6.45, 7) is 1.46. The van der Waals surface area contributed by atoms with Crippen molar-refractivity contribution in [3.05, 3.63) is 22.9 Å². The molecule has 0 saturated heterocycles. The van der Waals surface area contributed by atoms with E-state index in [9.17, 15) is 4.79 Å². The van der Waals surface area contributed by atoms with Crippen molar-refractivity contribution in [1.82, 2.24) is 4.98 Å². The summed E-state index contributed by atoms with van der Waals surface area (Å²) < 4.78 is 5.73. The lowest BCUT2D eigenvalue weighted by Crippen LogP contribution is -2.22. The van der Waals surface area contributed by atoms with Gasteiger partial charge in [0.2, 0.25) is 0 Å². The van der Waals surface area contributed by atoms with E-state index in [2.05, 4.69) is 20.9 Å². The summed E-state index contributed by atoms with van der Waals surface area (Å²) >= 11 is 3.16. The number of carboxylic acid groups (broad SMARTS) is 1. The monoisotopic (exact) mass is 245 g/mol. The molecule has 0 aliphatic rings. The van der Waals surface area contributed by atoms with Crippen molar-refractivity contribution < 1.29 is 14.6 Å². The fourth-order valence-electron chi connectivity index (χ4n) is 0.686. The van der Waals surface area contributed by atoms with Gasteiger partial charge in [0.25, 0.3) is 0 Å².